The van der Waals surface area contributed by atoms with Gasteiger partial charge in [0, 0.05) is 23.7 Å². The van der Waals surface area contributed by atoms with E-state index in [1.54, 1.807) is 23.1 Å². The molecule has 0 saturated heterocycles. The van der Waals surface area contributed by atoms with Gasteiger partial charge in [0.1, 0.15) is 11.0 Å². The molecule has 134 valence electrons. The van der Waals surface area contributed by atoms with Crippen LogP contribution in [-0.2, 0) is 4.79 Å². The van der Waals surface area contributed by atoms with Crippen LogP contribution >= 0.6 is 11.6 Å². The van der Waals surface area contributed by atoms with Crippen molar-refractivity contribution in [1.82, 2.24) is 14.7 Å². The summed E-state index contributed by atoms with van der Waals surface area (Å²) in [6.07, 6.45) is 3.20. The molecule has 1 heterocycles. The quantitative estimate of drug-likeness (QED) is 0.726. The number of amides is 1. The van der Waals surface area contributed by atoms with Crippen LogP contribution in [0.4, 0.5) is 4.39 Å². The Morgan fingerprint density at radius 2 is 1.76 bits per heavy atom. The summed E-state index contributed by atoms with van der Waals surface area (Å²) in [7, 11) is 0. The molecule has 2 rings (SSSR count). The van der Waals surface area contributed by atoms with Crippen molar-refractivity contribution in [3.05, 3.63) is 52.6 Å². The van der Waals surface area contributed by atoms with Gasteiger partial charge in [-0.15, -0.1) is 0 Å². The zero-order chi connectivity index (χ0) is 18.7. The van der Waals surface area contributed by atoms with Crippen molar-refractivity contribution in [2.24, 2.45) is 0 Å². The van der Waals surface area contributed by atoms with Gasteiger partial charge in [0.2, 0.25) is 5.91 Å². The maximum atomic E-state index is 13.1. The lowest BCUT2D eigenvalue weighted by Gasteiger charge is -2.29. The number of benzene rings is 1. The lowest BCUT2D eigenvalue weighted by Crippen LogP contribution is -2.41. The highest BCUT2D eigenvalue weighted by atomic mass is 35.5. The molecule has 1 aromatic carbocycles. The molecule has 1 aromatic heterocycles. The molecule has 25 heavy (non-hydrogen) atoms. The molecule has 0 bridgehead atoms. The third-order valence-electron chi connectivity index (χ3n) is 3.88. The van der Waals surface area contributed by atoms with Crippen LogP contribution in [0.3, 0.4) is 0 Å². The predicted molar refractivity (Wildman–Crippen MR) is 99.4 cm³/mol. The van der Waals surface area contributed by atoms with Crippen LogP contribution in [0.1, 0.15) is 39.0 Å². The molecule has 2 aromatic rings. The van der Waals surface area contributed by atoms with Gasteiger partial charge in [-0.25, -0.2) is 9.07 Å². The SMILES string of the molecule is Cc1nn(-c2ccc(F)cc2)c(Cl)c1C=CC(=O)N(C(C)C)C(C)C. The maximum absolute atomic E-state index is 13.1. The lowest BCUT2D eigenvalue weighted by molar-refractivity contribution is -0.129. The van der Waals surface area contributed by atoms with E-state index in [9.17, 15) is 9.18 Å². The Hall–Kier alpha value is -2.14. The van der Waals surface area contributed by atoms with Gasteiger partial charge in [-0.1, -0.05) is 11.6 Å². The third kappa shape index (κ3) is 4.28. The molecule has 0 aliphatic heterocycles. The van der Waals surface area contributed by atoms with Crippen molar-refractivity contribution in [3.8, 4) is 5.69 Å². The fourth-order valence-electron chi connectivity index (χ4n) is 2.80. The number of halogens is 2. The molecule has 0 aliphatic rings. The van der Waals surface area contributed by atoms with Gasteiger partial charge in [0.25, 0.3) is 0 Å². The number of hydrogen-bond acceptors (Lipinski definition) is 2. The summed E-state index contributed by atoms with van der Waals surface area (Å²) in [5.41, 5.74) is 2.03. The van der Waals surface area contributed by atoms with Crippen LogP contribution < -0.4 is 0 Å². The molecular formula is C19H23ClFN3O. The molecule has 0 radical (unpaired) electrons. The standard InChI is InChI=1S/C19H23ClFN3O/c1-12(2)23(13(3)4)18(25)11-10-17-14(5)22-24(19(17)20)16-8-6-15(21)7-9-16/h6-13H,1-5H3. The van der Waals surface area contributed by atoms with Crippen molar-refractivity contribution >= 4 is 23.6 Å². The van der Waals surface area contributed by atoms with E-state index < -0.39 is 0 Å². The minimum absolute atomic E-state index is 0.0741. The smallest absolute Gasteiger partial charge is 0.247 e. The van der Waals surface area contributed by atoms with Crippen molar-refractivity contribution < 1.29 is 9.18 Å². The van der Waals surface area contributed by atoms with Crippen molar-refractivity contribution in [2.45, 2.75) is 46.7 Å². The van der Waals surface area contributed by atoms with E-state index in [1.165, 1.54) is 22.9 Å². The number of carbonyl (C=O) groups excluding carboxylic acids is 1. The highest BCUT2D eigenvalue weighted by Crippen LogP contribution is 2.25. The van der Waals surface area contributed by atoms with Gasteiger partial charge in [0.05, 0.1) is 11.4 Å². The molecule has 6 heteroatoms. The van der Waals surface area contributed by atoms with Gasteiger partial charge in [-0.3, -0.25) is 4.79 Å². The summed E-state index contributed by atoms with van der Waals surface area (Å²) in [5, 5.41) is 4.77. The van der Waals surface area contributed by atoms with Crippen LogP contribution in [0.2, 0.25) is 5.15 Å². The largest absolute Gasteiger partial charge is 0.334 e. The Kier molecular flexibility index (Phi) is 6.01. The molecule has 0 saturated carbocycles. The first kappa shape index (κ1) is 19.2. The second-order valence-electron chi connectivity index (χ2n) is 6.44. The Morgan fingerprint density at radius 3 is 2.28 bits per heavy atom. The highest BCUT2D eigenvalue weighted by Gasteiger charge is 2.18. The first-order valence-electron chi connectivity index (χ1n) is 8.23. The summed E-state index contributed by atoms with van der Waals surface area (Å²) in [6, 6.07) is 6.12. The molecule has 0 aliphatic carbocycles. The van der Waals surface area contributed by atoms with E-state index in [4.69, 9.17) is 11.6 Å². The molecule has 0 atom stereocenters. The minimum Gasteiger partial charge on any atom is -0.334 e. The first-order chi connectivity index (χ1) is 11.7. The van der Waals surface area contributed by atoms with Gasteiger partial charge in [-0.05, 0) is 65.0 Å². The van der Waals surface area contributed by atoms with E-state index in [-0.39, 0.29) is 23.8 Å². The van der Waals surface area contributed by atoms with Crippen LogP contribution in [0, 0.1) is 12.7 Å². The average molecular weight is 364 g/mol. The number of rotatable bonds is 5. The normalized spacial score (nSPS) is 11.7. The zero-order valence-corrected chi connectivity index (χ0v) is 15.9. The fourth-order valence-corrected chi connectivity index (χ4v) is 3.13. The topological polar surface area (TPSA) is 38.1 Å². The van der Waals surface area contributed by atoms with Gasteiger partial charge in [0.15, 0.2) is 0 Å². The third-order valence-corrected chi connectivity index (χ3v) is 4.24. The van der Waals surface area contributed by atoms with E-state index in [1.807, 2.05) is 34.6 Å². The second-order valence-corrected chi connectivity index (χ2v) is 6.80. The molecule has 4 nitrogen and oxygen atoms in total. The molecule has 1 amide bonds. The number of aryl methyl sites for hydroxylation is 1. The van der Waals surface area contributed by atoms with E-state index in [0.29, 0.717) is 22.1 Å². The second kappa shape index (κ2) is 7.83. The van der Waals surface area contributed by atoms with Crippen LogP contribution in [-0.4, -0.2) is 32.7 Å². The van der Waals surface area contributed by atoms with E-state index in [2.05, 4.69) is 5.10 Å². The Balaban J connectivity index is 2.32. The number of carbonyl (C=O) groups is 1. The van der Waals surface area contributed by atoms with E-state index >= 15 is 0 Å². The Morgan fingerprint density at radius 1 is 1.20 bits per heavy atom. The summed E-state index contributed by atoms with van der Waals surface area (Å²) >= 11 is 6.42. The molecule has 0 N–H and O–H groups in total. The molecule has 0 spiro atoms. The summed E-state index contributed by atoms with van der Waals surface area (Å²) < 4.78 is 14.6. The van der Waals surface area contributed by atoms with Crippen LogP contribution in [0.25, 0.3) is 11.8 Å². The average Bonchev–Trinajstić information content (AvgIpc) is 2.80. The lowest BCUT2D eigenvalue weighted by atomic mass is 10.2. The Labute approximate surface area is 152 Å². The van der Waals surface area contributed by atoms with Gasteiger partial charge in [-0.2, -0.15) is 5.10 Å². The minimum atomic E-state index is -0.322. The number of aromatic nitrogens is 2. The summed E-state index contributed by atoms with van der Waals surface area (Å²) in [4.78, 5) is 14.3. The van der Waals surface area contributed by atoms with Crippen molar-refractivity contribution in [1.29, 1.82) is 0 Å². The molecule has 0 unspecified atom stereocenters. The number of hydrogen-bond donors (Lipinski definition) is 0. The summed E-state index contributed by atoms with van der Waals surface area (Å²) in [5.74, 6) is -0.396. The zero-order valence-electron chi connectivity index (χ0n) is 15.1. The van der Waals surface area contributed by atoms with Gasteiger partial charge >= 0.3 is 0 Å². The summed E-state index contributed by atoms with van der Waals surface area (Å²) in [6.45, 7) is 9.75. The van der Waals surface area contributed by atoms with E-state index in [0.717, 1.165) is 0 Å². The number of nitrogens with zero attached hydrogens (tertiary/aromatic N) is 3. The highest BCUT2D eigenvalue weighted by molar-refractivity contribution is 6.31. The first-order valence-corrected chi connectivity index (χ1v) is 8.61. The maximum Gasteiger partial charge on any atom is 0.247 e. The molecule has 0 fully saturated rings. The predicted octanol–water partition coefficient (Wildman–Crippen LogP) is 4.63. The monoisotopic (exact) mass is 363 g/mol. The van der Waals surface area contributed by atoms with Crippen LogP contribution in [0.15, 0.2) is 30.3 Å². The molecular weight excluding hydrogens is 341 g/mol. The van der Waals surface area contributed by atoms with Gasteiger partial charge < -0.3 is 4.90 Å². The van der Waals surface area contributed by atoms with Crippen LogP contribution in [0.5, 0.6) is 0 Å². The van der Waals surface area contributed by atoms with Crippen molar-refractivity contribution in [2.75, 3.05) is 0 Å². The Bertz CT molecular complexity index is 771. The fraction of sp³-hybridized carbons (Fsp3) is 0.368. The van der Waals surface area contributed by atoms with Crippen molar-refractivity contribution in [3.63, 3.8) is 0 Å².